The van der Waals surface area contributed by atoms with Gasteiger partial charge in [0.1, 0.15) is 12.2 Å². The predicted octanol–water partition coefficient (Wildman–Crippen LogP) is 3.82. The van der Waals surface area contributed by atoms with E-state index in [0.29, 0.717) is 24.9 Å². The quantitative estimate of drug-likeness (QED) is 0.624. The molecule has 1 unspecified atom stereocenters. The van der Waals surface area contributed by atoms with E-state index in [0.717, 1.165) is 36.9 Å². The van der Waals surface area contributed by atoms with Crippen LogP contribution in [0.5, 0.6) is 0 Å². The zero-order valence-corrected chi connectivity index (χ0v) is 18.0. The molecular weight excluding hydrogens is 396 g/mol. The molecule has 0 bridgehead atoms. The van der Waals surface area contributed by atoms with Crippen molar-refractivity contribution in [1.82, 2.24) is 15.5 Å². The van der Waals surface area contributed by atoms with Crippen LogP contribution in [0.15, 0.2) is 30.3 Å². The van der Waals surface area contributed by atoms with Crippen LogP contribution in [0.25, 0.3) is 0 Å². The summed E-state index contributed by atoms with van der Waals surface area (Å²) in [6, 6.07) is 10.1. The van der Waals surface area contributed by atoms with Gasteiger partial charge < -0.3 is 20.1 Å². The van der Waals surface area contributed by atoms with Crippen LogP contribution in [0.1, 0.15) is 68.2 Å². The van der Waals surface area contributed by atoms with Crippen molar-refractivity contribution in [3.8, 4) is 0 Å². The number of hydrogen-bond acceptors (Lipinski definition) is 5. The Morgan fingerprint density at radius 3 is 2.71 bits per heavy atom. The summed E-state index contributed by atoms with van der Waals surface area (Å²) in [6.07, 6.45) is 2.23. The van der Waals surface area contributed by atoms with Crippen LogP contribution < -0.4 is 10.6 Å². The summed E-state index contributed by atoms with van der Waals surface area (Å²) in [5, 5.41) is 12.7. The normalized spacial score (nSPS) is 22.7. The summed E-state index contributed by atoms with van der Waals surface area (Å²) in [5.41, 5.74) is 3.26. The molecule has 8 heteroatoms. The molecular formula is C23H30N4O4. The molecule has 31 heavy (non-hydrogen) atoms. The first-order valence-electron chi connectivity index (χ1n) is 11.0. The number of aromatic nitrogens is 2. The number of carbonyl (C=O) groups is 2. The Labute approximate surface area is 182 Å². The first-order valence-corrected chi connectivity index (χ1v) is 11.0. The third-order valence-corrected chi connectivity index (χ3v) is 5.96. The Morgan fingerprint density at radius 1 is 1.26 bits per heavy atom. The average molecular weight is 427 g/mol. The van der Waals surface area contributed by atoms with E-state index in [1.807, 2.05) is 18.2 Å². The molecule has 1 saturated heterocycles. The van der Waals surface area contributed by atoms with Gasteiger partial charge in [0.15, 0.2) is 5.82 Å². The van der Waals surface area contributed by atoms with E-state index in [1.54, 1.807) is 0 Å². The molecule has 2 aliphatic rings. The largest absolute Gasteiger partial charge is 0.446 e. The molecule has 2 amide bonds. The summed E-state index contributed by atoms with van der Waals surface area (Å²) in [6.45, 7) is 5.39. The summed E-state index contributed by atoms with van der Waals surface area (Å²) >= 11 is 0. The topological polar surface area (TPSA) is 105 Å². The number of amides is 2. The Balaban J connectivity index is 1.17. The van der Waals surface area contributed by atoms with Gasteiger partial charge in [-0.15, -0.1) is 0 Å². The fraction of sp³-hybridized carbons (Fsp3) is 0.522. The van der Waals surface area contributed by atoms with Crippen molar-refractivity contribution in [3.05, 3.63) is 47.2 Å². The van der Waals surface area contributed by atoms with Crippen LogP contribution in [-0.4, -0.2) is 41.0 Å². The maximum Gasteiger partial charge on any atom is 0.407 e. The molecule has 1 aliphatic heterocycles. The van der Waals surface area contributed by atoms with E-state index in [2.05, 4.69) is 46.8 Å². The van der Waals surface area contributed by atoms with E-state index in [-0.39, 0.29) is 24.0 Å². The second-order valence-electron chi connectivity index (χ2n) is 8.64. The minimum absolute atomic E-state index is 0.110. The Hall–Kier alpha value is -2.87. The molecule has 1 atom stereocenters. The zero-order valence-electron chi connectivity index (χ0n) is 18.0. The number of alkyl carbamates (subject to hydrolysis) is 1. The first-order chi connectivity index (χ1) is 15.0. The number of aromatic amines is 1. The van der Waals surface area contributed by atoms with Gasteiger partial charge in [-0.25, -0.2) is 4.79 Å². The minimum Gasteiger partial charge on any atom is -0.446 e. The van der Waals surface area contributed by atoms with Crippen molar-refractivity contribution in [2.75, 3.05) is 11.9 Å². The van der Waals surface area contributed by atoms with E-state index in [1.165, 1.54) is 5.56 Å². The lowest BCUT2D eigenvalue weighted by molar-refractivity contribution is -0.124. The van der Waals surface area contributed by atoms with Crippen molar-refractivity contribution >= 4 is 17.8 Å². The lowest BCUT2D eigenvalue weighted by Crippen LogP contribution is -2.36. The van der Waals surface area contributed by atoms with Gasteiger partial charge in [0.2, 0.25) is 0 Å². The SMILES string of the molecule is CC(C)c1ccc(CNC(=O)OC2CC(c3cc(NC(=O)C4CCCO4)n[nH]3)C2)cc1. The van der Waals surface area contributed by atoms with Crippen molar-refractivity contribution in [3.63, 3.8) is 0 Å². The lowest BCUT2D eigenvalue weighted by Gasteiger charge is -2.33. The van der Waals surface area contributed by atoms with E-state index in [4.69, 9.17) is 9.47 Å². The second kappa shape index (κ2) is 9.51. The van der Waals surface area contributed by atoms with E-state index >= 15 is 0 Å². The molecule has 3 N–H and O–H groups in total. The lowest BCUT2D eigenvalue weighted by atomic mass is 9.80. The molecule has 4 rings (SSSR count). The third-order valence-electron chi connectivity index (χ3n) is 5.96. The van der Waals surface area contributed by atoms with Gasteiger partial charge in [0.25, 0.3) is 5.91 Å². The summed E-state index contributed by atoms with van der Waals surface area (Å²) < 4.78 is 10.9. The number of benzene rings is 1. The van der Waals surface area contributed by atoms with Crippen LogP contribution >= 0.6 is 0 Å². The van der Waals surface area contributed by atoms with Crippen molar-refractivity contribution < 1.29 is 19.1 Å². The number of carbonyl (C=O) groups excluding carboxylic acids is 2. The van der Waals surface area contributed by atoms with Crippen LogP contribution in [0, 0.1) is 0 Å². The second-order valence-corrected chi connectivity index (χ2v) is 8.64. The van der Waals surface area contributed by atoms with Crippen LogP contribution in [0.4, 0.5) is 10.6 Å². The molecule has 0 spiro atoms. The highest BCUT2D eigenvalue weighted by molar-refractivity contribution is 5.93. The van der Waals surface area contributed by atoms with Crippen LogP contribution in [-0.2, 0) is 20.8 Å². The molecule has 8 nitrogen and oxygen atoms in total. The number of anilines is 1. The molecule has 1 aromatic heterocycles. The highest BCUT2D eigenvalue weighted by Gasteiger charge is 2.34. The minimum atomic E-state index is -0.398. The van der Waals surface area contributed by atoms with Gasteiger partial charge in [-0.2, -0.15) is 5.10 Å². The van der Waals surface area contributed by atoms with Crippen molar-refractivity contribution in [1.29, 1.82) is 0 Å². The van der Waals surface area contributed by atoms with E-state index in [9.17, 15) is 9.59 Å². The van der Waals surface area contributed by atoms with Gasteiger partial charge in [-0.3, -0.25) is 9.89 Å². The number of ether oxygens (including phenoxy) is 2. The van der Waals surface area contributed by atoms with Crippen LogP contribution in [0.2, 0.25) is 0 Å². The Bertz CT molecular complexity index is 897. The Kier molecular flexibility index (Phi) is 6.56. The summed E-state index contributed by atoms with van der Waals surface area (Å²) in [7, 11) is 0. The monoisotopic (exact) mass is 426 g/mol. The standard InChI is InChI=1S/C23H30N4O4/c1-14(2)16-7-5-15(6-8-16)13-24-23(29)31-18-10-17(11-18)19-12-21(27-26-19)25-22(28)20-4-3-9-30-20/h5-8,12,14,17-18,20H,3-4,9-11,13H2,1-2H3,(H,24,29)(H2,25,26,27,28). The van der Waals surface area contributed by atoms with E-state index < -0.39 is 6.09 Å². The zero-order chi connectivity index (χ0) is 21.8. The molecule has 2 fully saturated rings. The molecule has 2 aromatic rings. The fourth-order valence-corrected chi connectivity index (χ4v) is 3.90. The van der Waals surface area contributed by atoms with Crippen molar-refractivity contribution in [2.45, 2.75) is 70.1 Å². The van der Waals surface area contributed by atoms with Crippen molar-refractivity contribution in [2.24, 2.45) is 0 Å². The molecule has 1 saturated carbocycles. The Morgan fingerprint density at radius 2 is 2.03 bits per heavy atom. The fourth-order valence-electron chi connectivity index (χ4n) is 3.90. The highest BCUT2D eigenvalue weighted by Crippen LogP contribution is 2.38. The number of rotatable bonds is 7. The number of nitrogens with zero attached hydrogens (tertiary/aromatic N) is 1. The van der Waals surface area contributed by atoms with Gasteiger partial charge in [0.05, 0.1) is 0 Å². The summed E-state index contributed by atoms with van der Waals surface area (Å²) in [5.74, 6) is 1.08. The van der Waals surface area contributed by atoms with Crippen LogP contribution in [0.3, 0.4) is 0 Å². The van der Waals surface area contributed by atoms with Gasteiger partial charge >= 0.3 is 6.09 Å². The number of nitrogens with one attached hydrogen (secondary N) is 3. The third kappa shape index (κ3) is 5.44. The van der Waals surface area contributed by atoms with Gasteiger partial charge in [-0.1, -0.05) is 38.1 Å². The number of hydrogen-bond donors (Lipinski definition) is 3. The maximum absolute atomic E-state index is 12.1. The molecule has 0 radical (unpaired) electrons. The molecule has 2 heterocycles. The molecule has 1 aromatic carbocycles. The highest BCUT2D eigenvalue weighted by atomic mass is 16.6. The van der Waals surface area contributed by atoms with Gasteiger partial charge in [-0.05, 0) is 42.7 Å². The maximum atomic E-state index is 12.1. The average Bonchev–Trinajstić information content (AvgIpc) is 3.41. The molecule has 166 valence electrons. The predicted molar refractivity (Wildman–Crippen MR) is 116 cm³/mol. The first kappa shape index (κ1) is 21.4. The van der Waals surface area contributed by atoms with Gasteiger partial charge in [0, 0.05) is 30.8 Å². The summed E-state index contributed by atoms with van der Waals surface area (Å²) in [4.78, 5) is 24.2. The number of H-pyrrole nitrogens is 1. The molecule has 1 aliphatic carbocycles. The smallest absolute Gasteiger partial charge is 0.407 e.